The summed E-state index contributed by atoms with van der Waals surface area (Å²) in [4.78, 5) is 11.1. The molecule has 4 nitrogen and oxygen atoms in total. The molecule has 6 heteroatoms. The van der Waals surface area contributed by atoms with Crippen molar-refractivity contribution < 1.29 is 9.66 Å². The zero-order valence-electron chi connectivity index (χ0n) is 8.81. The molecule has 0 atom stereocenters. The van der Waals surface area contributed by atoms with Gasteiger partial charge in [-0.3, -0.25) is 10.1 Å². The van der Waals surface area contributed by atoms with Gasteiger partial charge in [-0.1, -0.05) is 6.07 Å². The van der Waals surface area contributed by atoms with E-state index in [0.29, 0.717) is 16.5 Å². The SMILES string of the molecule is COc1cccc(SCCCCl)c1[N+](=O)[O-]. The molecule has 0 amide bonds. The second-order valence-electron chi connectivity index (χ2n) is 2.96. The van der Waals surface area contributed by atoms with Gasteiger partial charge in [0.2, 0.25) is 0 Å². The number of nitro groups is 1. The molecule has 16 heavy (non-hydrogen) atoms. The standard InChI is InChI=1S/C10H12ClNO3S/c1-15-8-4-2-5-9(10(8)12(13)14)16-7-3-6-11/h2,4-5H,3,6-7H2,1H3. The molecule has 0 N–H and O–H groups in total. The van der Waals surface area contributed by atoms with E-state index in [-0.39, 0.29) is 5.69 Å². The molecule has 1 rings (SSSR count). The maximum atomic E-state index is 10.9. The molecule has 0 heterocycles. The van der Waals surface area contributed by atoms with Crippen molar-refractivity contribution in [1.82, 2.24) is 0 Å². The summed E-state index contributed by atoms with van der Waals surface area (Å²) in [7, 11) is 1.43. The number of rotatable bonds is 6. The Morgan fingerprint density at radius 1 is 1.56 bits per heavy atom. The predicted octanol–water partition coefficient (Wildman–Crippen LogP) is 3.32. The number of benzene rings is 1. The summed E-state index contributed by atoms with van der Waals surface area (Å²) >= 11 is 6.98. The molecule has 0 aliphatic rings. The average Bonchev–Trinajstić information content (AvgIpc) is 2.28. The summed E-state index contributed by atoms with van der Waals surface area (Å²) in [6.07, 6.45) is 0.820. The van der Waals surface area contributed by atoms with Gasteiger partial charge in [-0.05, 0) is 24.3 Å². The van der Waals surface area contributed by atoms with Crippen LogP contribution in [0.1, 0.15) is 6.42 Å². The van der Waals surface area contributed by atoms with E-state index in [1.807, 2.05) is 0 Å². The first-order valence-corrected chi connectivity index (χ1v) is 6.23. The highest BCUT2D eigenvalue weighted by Crippen LogP contribution is 2.37. The van der Waals surface area contributed by atoms with Crippen molar-refractivity contribution in [3.63, 3.8) is 0 Å². The molecule has 0 aliphatic carbocycles. The van der Waals surface area contributed by atoms with Crippen LogP contribution in [0, 0.1) is 10.1 Å². The molecule has 1 aromatic rings. The van der Waals surface area contributed by atoms with Gasteiger partial charge in [0.1, 0.15) is 0 Å². The molecule has 0 fully saturated rings. The van der Waals surface area contributed by atoms with Crippen molar-refractivity contribution in [2.45, 2.75) is 11.3 Å². The Morgan fingerprint density at radius 3 is 2.88 bits per heavy atom. The van der Waals surface area contributed by atoms with Gasteiger partial charge in [-0.25, -0.2) is 0 Å². The van der Waals surface area contributed by atoms with Crippen LogP contribution >= 0.6 is 23.4 Å². The first kappa shape index (κ1) is 13.1. The molecule has 0 radical (unpaired) electrons. The van der Waals surface area contributed by atoms with E-state index in [4.69, 9.17) is 16.3 Å². The minimum Gasteiger partial charge on any atom is -0.490 e. The van der Waals surface area contributed by atoms with E-state index >= 15 is 0 Å². The fourth-order valence-electron chi connectivity index (χ4n) is 1.20. The third-order valence-electron chi connectivity index (χ3n) is 1.90. The number of halogens is 1. The fourth-order valence-corrected chi connectivity index (χ4v) is 2.49. The van der Waals surface area contributed by atoms with Crippen molar-refractivity contribution in [3.05, 3.63) is 28.3 Å². The first-order valence-electron chi connectivity index (χ1n) is 4.71. The topological polar surface area (TPSA) is 52.4 Å². The molecule has 0 saturated heterocycles. The van der Waals surface area contributed by atoms with E-state index in [0.717, 1.165) is 12.2 Å². The molecular weight excluding hydrogens is 250 g/mol. The minimum absolute atomic E-state index is 0.0320. The quantitative estimate of drug-likeness (QED) is 0.259. The van der Waals surface area contributed by atoms with Gasteiger partial charge < -0.3 is 4.74 Å². The van der Waals surface area contributed by atoms with Gasteiger partial charge in [0.15, 0.2) is 5.75 Å². The smallest absolute Gasteiger partial charge is 0.324 e. The highest BCUT2D eigenvalue weighted by molar-refractivity contribution is 7.99. The largest absolute Gasteiger partial charge is 0.490 e. The Kier molecular flexibility index (Phi) is 5.42. The molecule has 88 valence electrons. The van der Waals surface area contributed by atoms with Gasteiger partial charge in [-0.2, -0.15) is 0 Å². The van der Waals surface area contributed by atoms with E-state index in [2.05, 4.69) is 0 Å². The van der Waals surface area contributed by atoms with Crippen molar-refractivity contribution in [2.75, 3.05) is 18.7 Å². The van der Waals surface area contributed by atoms with Crippen LogP contribution in [-0.4, -0.2) is 23.7 Å². The lowest BCUT2D eigenvalue weighted by Gasteiger charge is -2.05. The van der Waals surface area contributed by atoms with Crippen molar-refractivity contribution in [2.24, 2.45) is 0 Å². The zero-order chi connectivity index (χ0) is 12.0. The number of nitro benzene ring substituents is 1. The Labute approximate surface area is 103 Å². The highest BCUT2D eigenvalue weighted by atomic mass is 35.5. The number of para-hydroxylation sites is 1. The molecule has 0 saturated carbocycles. The van der Waals surface area contributed by atoms with Crippen molar-refractivity contribution in [1.29, 1.82) is 0 Å². The Balaban J connectivity index is 2.93. The van der Waals surface area contributed by atoms with Gasteiger partial charge >= 0.3 is 5.69 Å². The Bertz CT molecular complexity index is 373. The summed E-state index contributed by atoms with van der Waals surface area (Å²) in [6.45, 7) is 0. The molecule has 1 aromatic carbocycles. The summed E-state index contributed by atoms with van der Waals surface area (Å²) in [5.41, 5.74) is 0.0320. The van der Waals surface area contributed by atoms with E-state index in [1.54, 1.807) is 18.2 Å². The van der Waals surface area contributed by atoms with Crippen LogP contribution in [-0.2, 0) is 0 Å². The molecule has 0 aromatic heterocycles. The van der Waals surface area contributed by atoms with Crippen LogP contribution in [0.25, 0.3) is 0 Å². The lowest BCUT2D eigenvalue weighted by atomic mass is 10.3. The normalized spacial score (nSPS) is 10.1. The van der Waals surface area contributed by atoms with Crippen molar-refractivity contribution in [3.8, 4) is 5.75 Å². The number of methoxy groups -OCH3 is 1. The highest BCUT2D eigenvalue weighted by Gasteiger charge is 2.20. The lowest BCUT2D eigenvalue weighted by Crippen LogP contribution is -1.96. The second kappa shape index (κ2) is 6.60. The van der Waals surface area contributed by atoms with E-state index < -0.39 is 4.92 Å². The number of ether oxygens (including phenoxy) is 1. The summed E-state index contributed by atoms with van der Waals surface area (Å²) < 4.78 is 4.97. The predicted molar refractivity (Wildman–Crippen MR) is 65.7 cm³/mol. The summed E-state index contributed by atoms with van der Waals surface area (Å²) in [5.74, 6) is 1.61. The number of nitrogens with zero attached hydrogens (tertiary/aromatic N) is 1. The van der Waals surface area contributed by atoms with Crippen LogP contribution < -0.4 is 4.74 Å². The van der Waals surface area contributed by atoms with E-state index in [9.17, 15) is 10.1 Å². The van der Waals surface area contributed by atoms with Gasteiger partial charge in [0.25, 0.3) is 0 Å². The molecule has 0 aliphatic heterocycles. The van der Waals surface area contributed by atoms with Crippen LogP contribution in [0.4, 0.5) is 5.69 Å². The minimum atomic E-state index is -0.415. The maximum absolute atomic E-state index is 10.9. The third-order valence-corrected chi connectivity index (χ3v) is 3.30. The van der Waals surface area contributed by atoms with Crippen LogP contribution in [0.2, 0.25) is 0 Å². The van der Waals surface area contributed by atoms with Gasteiger partial charge in [-0.15, -0.1) is 23.4 Å². The average molecular weight is 262 g/mol. The zero-order valence-corrected chi connectivity index (χ0v) is 10.4. The lowest BCUT2D eigenvalue weighted by molar-refractivity contribution is -0.388. The second-order valence-corrected chi connectivity index (χ2v) is 4.47. The molecular formula is C10H12ClNO3S. The monoisotopic (exact) mass is 261 g/mol. The molecule has 0 spiro atoms. The first-order chi connectivity index (χ1) is 7.70. The number of thioether (sulfide) groups is 1. The number of alkyl halides is 1. The fraction of sp³-hybridized carbons (Fsp3) is 0.400. The Morgan fingerprint density at radius 2 is 2.31 bits per heavy atom. The molecule has 0 bridgehead atoms. The van der Waals surface area contributed by atoms with Gasteiger partial charge in [0.05, 0.1) is 16.9 Å². The number of hydrogen-bond acceptors (Lipinski definition) is 4. The molecule has 0 unspecified atom stereocenters. The Hall–Kier alpha value is -0.940. The van der Waals surface area contributed by atoms with Crippen LogP contribution in [0.15, 0.2) is 23.1 Å². The van der Waals surface area contributed by atoms with E-state index in [1.165, 1.54) is 18.9 Å². The van der Waals surface area contributed by atoms with Crippen LogP contribution in [0.5, 0.6) is 5.75 Å². The third kappa shape index (κ3) is 3.28. The maximum Gasteiger partial charge on any atom is 0.324 e. The summed E-state index contributed by atoms with van der Waals surface area (Å²) in [5, 5.41) is 10.9. The van der Waals surface area contributed by atoms with Crippen molar-refractivity contribution >= 4 is 29.1 Å². The van der Waals surface area contributed by atoms with Crippen LogP contribution in [0.3, 0.4) is 0 Å². The van der Waals surface area contributed by atoms with Gasteiger partial charge in [0, 0.05) is 5.88 Å². The number of hydrogen-bond donors (Lipinski definition) is 0. The summed E-state index contributed by atoms with van der Waals surface area (Å²) in [6, 6.07) is 5.05.